The molecule has 1 unspecified atom stereocenters. The fourth-order valence-corrected chi connectivity index (χ4v) is 3.00. The Labute approximate surface area is 118 Å². The number of para-hydroxylation sites is 2. The Morgan fingerprint density at radius 3 is 2.84 bits per heavy atom. The summed E-state index contributed by atoms with van der Waals surface area (Å²) >= 11 is 6.29. The normalized spacial score (nSPS) is 24.4. The lowest BCUT2D eigenvalue weighted by atomic mass is 9.88. The van der Waals surface area contributed by atoms with Gasteiger partial charge in [0.2, 0.25) is 0 Å². The number of rotatable bonds is 4. The maximum Gasteiger partial charge on any atom is 0.127 e. The summed E-state index contributed by atoms with van der Waals surface area (Å²) in [6.45, 7) is 4.82. The van der Waals surface area contributed by atoms with Gasteiger partial charge in [0.15, 0.2) is 0 Å². The first kappa shape index (κ1) is 12.9. The number of ether oxygens (including phenoxy) is 1. The molecule has 3 rings (SSSR count). The predicted octanol–water partition coefficient (Wildman–Crippen LogP) is 4.08. The maximum absolute atomic E-state index is 6.29. The Balaban J connectivity index is 1.95. The van der Waals surface area contributed by atoms with Crippen molar-refractivity contribution in [2.75, 3.05) is 6.61 Å². The van der Waals surface area contributed by atoms with E-state index in [1.165, 1.54) is 5.52 Å². The summed E-state index contributed by atoms with van der Waals surface area (Å²) in [6.07, 6.45) is 2.52. The van der Waals surface area contributed by atoms with Crippen LogP contribution in [-0.2, 0) is 4.74 Å². The van der Waals surface area contributed by atoms with Gasteiger partial charge in [-0.2, -0.15) is 0 Å². The number of hydrogen-bond acceptors (Lipinski definition) is 2. The topological polar surface area (TPSA) is 27.1 Å². The summed E-state index contributed by atoms with van der Waals surface area (Å²) in [5.74, 6) is 0.975. The van der Waals surface area contributed by atoms with Crippen LogP contribution in [0.4, 0.5) is 0 Å². The number of benzene rings is 1. The average molecular weight is 279 g/mol. The van der Waals surface area contributed by atoms with Crippen molar-refractivity contribution in [3.8, 4) is 0 Å². The molecule has 19 heavy (non-hydrogen) atoms. The van der Waals surface area contributed by atoms with Gasteiger partial charge in [0.05, 0.1) is 22.5 Å². The molecule has 1 aliphatic carbocycles. The van der Waals surface area contributed by atoms with E-state index in [-0.39, 0.29) is 5.38 Å². The van der Waals surface area contributed by atoms with Crippen LogP contribution >= 0.6 is 11.6 Å². The zero-order chi connectivity index (χ0) is 13.4. The minimum Gasteiger partial charge on any atom is -0.378 e. The summed E-state index contributed by atoms with van der Waals surface area (Å²) in [4.78, 5) is 4.68. The standard InChI is InChI=1S/C15H19ClN2O/c1-3-19-12-8-11(9-12)18-14-7-5-4-6-13(14)17-15(18)10(2)16/h4-7,10-12H,3,8-9H2,1-2H3. The number of alkyl halides is 1. The molecule has 2 aromatic rings. The largest absolute Gasteiger partial charge is 0.378 e. The van der Waals surface area contributed by atoms with E-state index in [1.807, 2.05) is 26.0 Å². The Hall–Kier alpha value is -1.06. The summed E-state index contributed by atoms with van der Waals surface area (Å²) in [6, 6.07) is 8.72. The molecule has 1 aromatic heterocycles. The van der Waals surface area contributed by atoms with Crippen LogP contribution in [0.5, 0.6) is 0 Å². The van der Waals surface area contributed by atoms with Gasteiger partial charge in [-0.15, -0.1) is 11.6 Å². The molecular weight excluding hydrogens is 260 g/mol. The molecule has 1 saturated carbocycles. The molecular formula is C15H19ClN2O. The van der Waals surface area contributed by atoms with Gasteiger partial charge in [0.25, 0.3) is 0 Å². The molecule has 1 aliphatic rings. The lowest BCUT2D eigenvalue weighted by Gasteiger charge is -2.37. The summed E-state index contributed by atoms with van der Waals surface area (Å²) in [7, 11) is 0. The Kier molecular flexibility index (Phi) is 3.50. The molecule has 3 nitrogen and oxygen atoms in total. The third kappa shape index (κ3) is 2.26. The van der Waals surface area contributed by atoms with Crippen molar-refractivity contribution in [1.29, 1.82) is 0 Å². The van der Waals surface area contributed by atoms with Crippen molar-refractivity contribution in [1.82, 2.24) is 9.55 Å². The fourth-order valence-electron chi connectivity index (χ4n) is 2.85. The van der Waals surface area contributed by atoms with E-state index in [0.717, 1.165) is 30.8 Å². The minimum absolute atomic E-state index is 0.0708. The highest BCUT2D eigenvalue weighted by molar-refractivity contribution is 6.20. The quantitative estimate of drug-likeness (QED) is 0.788. The van der Waals surface area contributed by atoms with Crippen LogP contribution in [0.3, 0.4) is 0 Å². The molecule has 0 bridgehead atoms. The molecule has 1 atom stereocenters. The van der Waals surface area contributed by atoms with Gasteiger partial charge >= 0.3 is 0 Å². The summed E-state index contributed by atoms with van der Waals surface area (Å²) in [5.41, 5.74) is 2.22. The molecule has 4 heteroatoms. The number of fused-ring (bicyclic) bond motifs is 1. The number of halogens is 1. The van der Waals surface area contributed by atoms with Gasteiger partial charge in [-0.1, -0.05) is 12.1 Å². The third-order valence-electron chi connectivity index (χ3n) is 3.82. The Morgan fingerprint density at radius 2 is 2.16 bits per heavy atom. The first-order chi connectivity index (χ1) is 9.20. The average Bonchev–Trinajstić information content (AvgIpc) is 2.72. The molecule has 1 heterocycles. The lowest BCUT2D eigenvalue weighted by molar-refractivity contribution is -0.0193. The maximum atomic E-state index is 6.29. The number of imidazole rings is 1. The van der Waals surface area contributed by atoms with E-state index in [9.17, 15) is 0 Å². The van der Waals surface area contributed by atoms with E-state index >= 15 is 0 Å². The zero-order valence-corrected chi connectivity index (χ0v) is 12.1. The van der Waals surface area contributed by atoms with E-state index in [4.69, 9.17) is 16.3 Å². The van der Waals surface area contributed by atoms with Crippen molar-refractivity contribution in [2.24, 2.45) is 0 Å². The summed E-state index contributed by atoms with van der Waals surface area (Å²) < 4.78 is 7.96. The van der Waals surface area contributed by atoms with Gasteiger partial charge in [-0.05, 0) is 38.8 Å². The molecule has 1 aromatic carbocycles. The molecule has 0 radical (unpaired) electrons. The van der Waals surface area contributed by atoms with E-state index < -0.39 is 0 Å². The third-order valence-corrected chi connectivity index (χ3v) is 4.01. The van der Waals surface area contributed by atoms with E-state index in [2.05, 4.69) is 21.7 Å². The van der Waals surface area contributed by atoms with Gasteiger partial charge in [0, 0.05) is 12.6 Å². The lowest BCUT2D eigenvalue weighted by Crippen LogP contribution is -2.34. The highest BCUT2D eigenvalue weighted by Crippen LogP contribution is 2.39. The SMILES string of the molecule is CCOC1CC(n2c(C(C)Cl)nc3ccccc32)C1. The van der Waals surface area contributed by atoms with Crippen LogP contribution in [-0.4, -0.2) is 22.3 Å². The molecule has 102 valence electrons. The molecule has 1 fully saturated rings. The van der Waals surface area contributed by atoms with E-state index in [0.29, 0.717) is 12.1 Å². The van der Waals surface area contributed by atoms with Gasteiger partial charge in [-0.3, -0.25) is 0 Å². The van der Waals surface area contributed by atoms with Crippen LogP contribution in [0.2, 0.25) is 0 Å². The highest BCUT2D eigenvalue weighted by atomic mass is 35.5. The van der Waals surface area contributed by atoms with Crippen LogP contribution in [0.25, 0.3) is 11.0 Å². The fraction of sp³-hybridized carbons (Fsp3) is 0.533. The molecule has 0 N–H and O–H groups in total. The Bertz CT molecular complexity index is 573. The highest BCUT2D eigenvalue weighted by Gasteiger charge is 2.34. The monoisotopic (exact) mass is 278 g/mol. The molecule has 0 aliphatic heterocycles. The van der Waals surface area contributed by atoms with Crippen LogP contribution in [0.15, 0.2) is 24.3 Å². The second kappa shape index (κ2) is 5.14. The smallest absolute Gasteiger partial charge is 0.127 e. The van der Waals surface area contributed by atoms with Crippen molar-refractivity contribution >= 4 is 22.6 Å². The van der Waals surface area contributed by atoms with Crippen molar-refractivity contribution in [3.63, 3.8) is 0 Å². The van der Waals surface area contributed by atoms with Gasteiger partial charge in [-0.25, -0.2) is 4.98 Å². The van der Waals surface area contributed by atoms with Crippen LogP contribution in [0, 0.1) is 0 Å². The van der Waals surface area contributed by atoms with E-state index in [1.54, 1.807) is 0 Å². The molecule has 0 spiro atoms. The molecule has 0 saturated heterocycles. The van der Waals surface area contributed by atoms with Gasteiger partial charge in [0.1, 0.15) is 5.82 Å². The first-order valence-corrected chi connectivity index (χ1v) is 7.37. The first-order valence-electron chi connectivity index (χ1n) is 6.93. The van der Waals surface area contributed by atoms with Crippen LogP contribution < -0.4 is 0 Å². The summed E-state index contributed by atoms with van der Waals surface area (Å²) in [5, 5.41) is -0.0708. The number of aromatic nitrogens is 2. The van der Waals surface area contributed by atoms with Crippen molar-refractivity contribution in [2.45, 2.75) is 44.2 Å². The second-order valence-corrected chi connectivity index (χ2v) is 5.80. The molecule has 0 amide bonds. The number of nitrogens with zero attached hydrogens (tertiary/aromatic N) is 2. The van der Waals surface area contributed by atoms with Crippen molar-refractivity contribution < 1.29 is 4.74 Å². The van der Waals surface area contributed by atoms with Crippen LogP contribution in [0.1, 0.15) is 43.9 Å². The Morgan fingerprint density at radius 1 is 1.42 bits per heavy atom. The van der Waals surface area contributed by atoms with Crippen molar-refractivity contribution in [3.05, 3.63) is 30.1 Å². The number of hydrogen-bond donors (Lipinski definition) is 0. The second-order valence-electron chi connectivity index (χ2n) is 5.15. The zero-order valence-electron chi connectivity index (χ0n) is 11.3. The van der Waals surface area contributed by atoms with Gasteiger partial charge < -0.3 is 9.30 Å². The predicted molar refractivity (Wildman–Crippen MR) is 77.7 cm³/mol. The minimum atomic E-state index is -0.0708.